The summed E-state index contributed by atoms with van der Waals surface area (Å²) in [7, 11) is 3.59. The van der Waals surface area contributed by atoms with Crippen molar-refractivity contribution in [3.8, 4) is 0 Å². The van der Waals surface area contributed by atoms with Gasteiger partial charge in [0, 0.05) is 39.3 Å². The third-order valence-corrected chi connectivity index (χ3v) is 3.48. The molecule has 0 aliphatic carbocycles. The molecule has 2 N–H and O–H groups in total. The molecule has 0 radical (unpaired) electrons. The summed E-state index contributed by atoms with van der Waals surface area (Å²) in [6, 6.07) is 0.458. The zero-order valence-electron chi connectivity index (χ0n) is 8.95. The maximum atomic E-state index is 5.48. The SMILES string of the molecule is CO[C@@H]1CNCC1C1NCC[C@H]1OC. The van der Waals surface area contributed by atoms with Gasteiger partial charge in [-0.05, 0) is 13.0 Å². The van der Waals surface area contributed by atoms with E-state index in [9.17, 15) is 0 Å². The molecule has 0 aromatic rings. The molecule has 0 aromatic carbocycles. The normalized spacial score (nSPS) is 43.3. The second kappa shape index (κ2) is 4.57. The fourth-order valence-corrected chi connectivity index (χ4v) is 2.69. The smallest absolute Gasteiger partial charge is 0.0751 e. The van der Waals surface area contributed by atoms with Crippen LogP contribution in [0.3, 0.4) is 0 Å². The highest BCUT2D eigenvalue weighted by molar-refractivity contribution is 4.97. The highest BCUT2D eigenvalue weighted by atomic mass is 16.5. The maximum Gasteiger partial charge on any atom is 0.0751 e. The van der Waals surface area contributed by atoms with E-state index >= 15 is 0 Å². The lowest BCUT2D eigenvalue weighted by atomic mass is 9.93. The molecule has 4 atom stereocenters. The first-order valence-corrected chi connectivity index (χ1v) is 5.36. The van der Waals surface area contributed by atoms with Crippen LogP contribution >= 0.6 is 0 Å². The molecule has 2 aliphatic heterocycles. The minimum absolute atomic E-state index is 0.336. The molecule has 82 valence electrons. The van der Waals surface area contributed by atoms with E-state index in [1.165, 1.54) is 0 Å². The van der Waals surface area contributed by atoms with E-state index in [1.54, 1.807) is 14.2 Å². The Morgan fingerprint density at radius 3 is 2.57 bits per heavy atom. The summed E-state index contributed by atoms with van der Waals surface area (Å²) in [5.41, 5.74) is 0. The first-order valence-electron chi connectivity index (χ1n) is 5.36. The predicted octanol–water partition coefficient (Wildman–Crippen LogP) is -0.402. The lowest BCUT2D eigenvalue weighted by Crippen LogP contribution is -2.44. The van der Waals surface area contributed by atoms with Crippen LogP contribution in [0.4, 0.5) is 0 Å². The van der Waals surface area contributed by atoms with Crippen LogP contribution in [-0.4, -0.2) is 52.1 Å². The van der Waals surface area contributed by atoms with Crippen molar-refractivity contribution < 1.29 is 9.47 Å². The summed E-state index contributed by atoms with van der Waals surface area (Å²) in [5.74, 6) is 0.549. The molecule has 0 amide bonds. The van der Waals surface area contributed by atoms with Crippen LogP contribution in [0.15, 0.2) is 0 Å². The van der Waals surface area contributed by atoms with Crippen molar-refractivity contribution in [2.24, 2.45) is 5.92 Å². The average molecular weight is 200 g/mol. The molecule has 14 heavy (non-hydrogen) atoms. The zero-order valence-corrected chi connectivity index (χ0v) is 8.95. The fraction of sp³-hybridized carbons (Fsp3) is 1.00. The molecule has 0 spiro atoms. The Hall–Kier alpha value is -0.160. The second-order valence-corrected chi connectivity index (χ2v) is 4.14. The van der Waals surface area contributed by atoms with Crippen LogP contribution in [0.5, 0.6) is 0 Å². The highest BCUT2D eigenvalue weighted by Gasteiger charge is 2.40. The van der Waals surface area contributed by atoms with Crippen LogP contribution in [0.2, 0.25) is 0 Å². The molecule has 0 saturated carbocycles. The molecular weight excluding hydrogens is 180 g/mol. The number of ether oxygens (including phenoxy) is 2. The van der Waals surface area contributed by atoms with Crippen molar-refractivity contribution in [1.29, 1.82) is 0 Å². The minimum atomic E-state index is 0.336. The van der Waals surface area contributed by atoms with E-state index < -0.39 is 0 Å². The van der Waals surface area contributed by atoms with E-state index in [-0.39, 0.29) is 0 Å². The quantitative estimate of drug-likeness (QED) is 0.650. The van der Waals surface area contributed by atoms with Gasteiger partial charge in [0.05, 0.1) is 12.2 Å². The summed E-state index contributed by atoms with van der Waals surface area (Å²) in [6.07, 6.45) is 1.81. The van der Waals surface area contributed by atoms with E-state index in [0.29, 0.717) is 24.2 Å². The molecule has 2 saturated heterocycles. The van der Waals surface area contributed by atoms with Crippen molar-refractivity contribution in [3.05, 3.63) is 0 Å². The summed E-state index contributed by atoms with van der Waals surface area (Å²) in [6.45, 7) is 3.07. The van der Waals surface area contributed by atoms with Gasteiger partial charge in [-0.1, -0.05) is 0 Å². The van der Waals surface area contributed by atoms with E-state index in [2.05, 4.69) is 10.6 Å². The average Bonchev–Trinajstić information content (AvgIpc) is 2.85. The van der Waals surface area contributed by atoms with Gasteiger partial charge in [0.15, 0.2) is 0 Å². The largest absolute Gasteiger partial charge is 0.380 e. The maximum absolute atomic E-state index is 5.48. The third-order valence-electron chi connectivity index (χ3n) is 3.48. The molecule has 2 fully saturated rings. The fourth-order valence-electron chi connectivity index (χ4n) is 2.69. The van der Waals surface area contributed by atoms with Crippen LogP contribution < -0.4 is 10.6 Å². The monoisotopic (exact) mass is 200 g/mol. The molecule has 2 aliphatic rings. The molecule has 4 nitrogen and oxygen atoms in total. The molecule has 4 heteroatoms. The molecule has 2 unspecified atom stereocenters. The van der Waals surface area contributed by atoms with Crippen molar-refractivity contribution in [2.45, 2.75) is 24.7 Å². The van der Waals surface area contributed by atoms with E-state index in [1.807, 2.05) is 0 Å². The van der Waals surface area contributed by atoms with Crippen molar-refractivity contribution >= 4 is 0 Å². The number of rotatable bonds is 3. The highest BCUT2D eigenvalue weighted by Crippen LogP contribution is 2.24. The van der Waals surface area contributed by atoms with Crippen LogP contribution in [-0.2, 0) is 9.47 Å². The van der Waals surface area contributed by atoms with Gasteiger partial charge in [-0.3, -0.25) is 0 Å². The summed E-state index contributed by atoms with van der Waals surface area (Å²) >= 11 is 0. The van der Waals surface area contributed by atoms with Gasteiger partial charge in [0.25, 0.3) is 0 Å². The Balaban J connectivity index is 1.98. The molecule has 0 aromatic heterocycles. The minimum Gasteiger partial charge on any atom is -0.380 e. The Kier molecular flexibility index (Phi) is 3.38. The zero-order chi connectivity index (χ0) is 9.97. The summed E-state index contributed by atoms with van der Waals surface area (Å²) in [5, 5.41) is 6.89. The van der Waals surface area contributed by atoms with Gasteiger partial charge in [0.1, 0.15) is 0 Å². The van der Waals surface area contributed by atoms with Gasteiger partial charge < -0.3 is 20.1 Å². The number of hydrogen-bond acceptors (Lipinski definition) is 4. The van der Waals surface area contributed by atoms with Gasteiger partial charge >= 0.3 is 0 Å². The lowest BCUT2D eigenvalue weighted by molar-refractivity contribution is 0.0257. The third kappa shape index (κ3) is 1.80. The van der Waals surface area contributed by atoms with Gasteiger partial charge in [-0.25, -0.2) is 0 Å². The first kappa shape index (κ1) is 10.4. The van der Waals surface area contributed by atoms with Gasteiger partial charge in [-0.15, -0.1) is 0 Å². The first-order chi connectivity index (χ1) is 6.86. The van der Waals surface area contributed by atoms with Crippen LogP contribution in [0.1, 0.15) is 6.42 Å². The number of methoxy groups -OCH3 is 2. The Bertz CT molecular complexity index is 169. The van der Waals surface area contributed by atoms with Gasteiger partial charge in [0.2, 0.25) is 0 Å². The molecule has 0 bridgehead atoms. The summed E-state index contributed by atoms with van der Waals surface area (Å²) < 4.78 is 11.0. The Labute approximate surface area is 85.3 Å². The molecule has 2 heterocycles. The molecule has 2 rings (SSSR count). The van der Waals surface area contributed by atoms with E-state index in [4.69, 9.17) is 9.47 Å². The van der Waals surface area contributed by atoms with Crippen molar-refractivity contribution in [1.82, 2.24) is 10.6 Å². The standard InChI is InChI=1S/C10H20N2O2/c1-13-8-3-4-12-10(8)7-5-11-6-9(7)14-2/h7-12H,3-6H2,1-2H3/t7?,8-,9-,10?/m1/s1. The second-order valence-electron chi connectivity index (χ2n) is 4.14. The Morgan fingerprint density at radius 1 is 1.07 bits per heavy atom. The van der Waals surface area contributed by atoms with E-state index in [0.717, 1.165) is 26.1 Å². The number of nitrogens with one attached hydrogen (secondary N) is 2. The molecular formula is C10H20N2O2. The topological polar surface area (TPSA) is 42.5 Å². The predicted molar refractivity (Wildman–Crippen MR) is 54.4 cm³/mol. The number of hydrogen-bond donors (Lipinski definition) is 2. The van der Waals surface area contributed by atoms with Gasteiger partial charge in [-0.2, -0.15) is 0 Å². The lowest BCUT2D eigenvalue weighted by Gasteiger charge is -2.27. The van der Waals surface area contributed by atoms with Crippen LogP contribution in [0.25, 0.3) is 0 Å². The van der Waals surface area contributed by atoms with Crippen LogP contribution in [0, 0.1) is 5.92 Å². The van der Waals surface area contributed by atoms with Crippen molar-refractivity contribution in [3.63, 3.8) is 0 Å². The van der Waals surface area contributed by atoms with Crippen molar-refractivity contribution in [2.75, 3.05) is 33.9 Å². The Morgan fingerprint density at radius 2 is 1.86 bits per heavy atom. The summed E-state index contributed by atoms with van der Waals surface area (Å²) in [4.78, 5) is 0.